The first kappa shape index (κ1) is 16.1. The van der Waals surface area contributed by atoms with Gasteiger partial charge in [-0.25, -0.2) is 4.68 Å². The van der Waals surface area contributed by atoms with Gasteiger partial charge in [-0.3, -0.25) is 4.79 Å². The standard InChI is InChI=1S/C12H16N6O.ClH/c1-13-6-7-17(2)12(19)10-4-3-5-11(8-10)18-9-14-15-16-18;/h3-5,8-9,13H,6-7H2,1-2H3;1H. The molecule has 2 aromatic rings. The molecule has 7 nitrogen and oxygen atoms in total. The summed E-state index contributed by atoms with van der Waals surface area (Å²) in [4.78, 5) is 13.9. The van der Waals surface area contributed by atoms with Crippen LogP contribution >= 0.6 is 12.4 Å². The Morgan fingerprint density at radius 3 is 2.90 bits per heavy atom. The average Bonchev–Trinajstić information content (AvgIpc) is 2.98. The second kappa shape index (κ2) is 7.56. The Bertz CT molecular complexity index is 545. The number of rotatable bonds is 5. The van der Waals surface area contributed by atoms with Crippen LogP contribution in [0, 0.1) is 0 Å². The zero-order chi connectivity index (χ0) is 13.7. The minimum atomic E-state index is -0.0230. The van der Waals surface area contributed by atoms with Crippen molar-refractivity contribution in [1.29, 1.82) is 0 Å². The normalized spacial score (nSPS) is 9.90. The molecule has 1 heterocycles. The van der Waals surface area contributed by atoms with E-state index in [1.54, 1.807) is 24.1 Å². The molecule has 0 saturated carbocycles. The molecule has 0 saturated heterocycles. The maximum Gasteiger partial charge on any atom is 0.253 e. The van der Waals surface area contributed by atoms with Gasteiger partial charge in [0.25, 0.3) is 5.91 Å². The highest BCUT2D eigenvalue weighted by atomic mass is 35.5. The summed E-state index contributed by atoms with van der Waals surface area (Å²) in [5.74, 6) is -0.0230. The number of hydrogen-bond acceptors (Lipinski definition) is 5. The van der Waals surface area contributed by atoms with Crippen LogP contribution in [-0.2, 0) is 0 Å². The number of nitrogens with one attached hydrogen (secondary N) is 1. The number of halogens is 1. The van der Waals surface area contributed by atoms with Crippen LogP contribution in [0.2, 0.25) is 0 Å². The highest BCUT2D eigenvalue weighted by Crippen LogP contribution is 2.10. The van der Waals surface area contributed by atoms with Crippen LogP contribution in [0.15, 0.2) is 30.6 Å². The third-order valence-electron chi connectivity index (χ3n) is 2.75. The van der Waals surface area contributed by atoms with Gasteiger partial charge >= 0.3 is 0 Å². The first-order chi connectivity index (χ1) is 9.22. The number of tetrazole rings is 1. The monoisotopic (exact) mass is 296 g/mol. The average molecular weight is 297 g/mol. The number of amides is 1. The maximum atomic E-state index is 12.2. The van der Waals surface area contributed by atoms with E-state index in [2.05, 4.69) is 20.8 Å². The number of aromatic nitrogens is 4. The third-order valence-corrected chi connectivity index (χ3v) is 2.75. The predicted molar refractivity (Wildman–Crippen MR) is 77.3 cm³/mol. The lowest BCUT2D eigenvalue weighted by Crippen LogP contribution is -2.32. The van der Waals surface area contributed by atoms with Gasteiger partial charge in [-0.05, 0) is 35.7 Å². The van der Waals surface area contributed by atoms with E-state index in [0.717, 1.165) is 12.2 Å². The van der Waals surface area contributed by atoms with Crippen molar-refractivity contribution in [2.75, 3.05) is 27.2 Å². The van der Waals surface area contributed by atoms with Gasteiger partial charge in [0.2, 0.25) is 0 Å². The summed E-state index contributed by atoms with van der Waals surface area (Å²) in [6.07, 6.45) is 1.49. The Labute approximate surface area is 123 Å². The predicted octanol–water partition coefficient (Wildman–Crippen LogP) is 0.375. The second-order valence-corrected chi connectivity index (χ2v) is 4.13. The molecule has 8 heteroatoms. The van der Waals surface area contributed by atoms with Crippen LogP contribution in [-0.4, -0.2) is 58.2 Å². The van der Waals surface area contributed by atoms with Gasteiger partial charge in [0, 0.05) is 25.7 Å². The minimum Gasteiger partial charge on any atom is -0.340 e. The maximum absolute atomic E-state index is 12.2. The van der Waals surface area contributed by atoms with Gasteiger partial charge in [-0.1, -0.05) is 6.07 Å². The molecule has 108 valence electrons. The fourth-order valence-corrected chi connectivity index (χ4v) is 1.66. The van der Waals surface area contributed by atoms with Crippen molar-refractivity contribution < 1.29 is 4.79 Å². The van der Waals surface area contributed by atoms with E-state index in [9.17, 15) is 4.79 Å². The van der Waals surface area contributed by atoms with Crippen LogP contribution in [0.1, 0.15) is 10.4 Å². The van der Waals surface area contributed by atoms with Crippen LogP contribution < -0.4 is 5.32 Å². The van der Waals surface area contributed by atoms with Crippen LogP contribution in [0.3, 0.4) is 0 Å². The van der Waals surface area contributed by atoms with Crippen molar-refractivity contribution in [2.45, 2.75) is 0 Å². The van der Waals surface area contributed by atoms with E-state index in [-0.39, 0.29) is 18.3 Å². The van der Waals surface area contributed by atoms with Crippen molar-refractivity contribution >= 4 is 18.3 Å². The van der Waals surface area contributed by atoms with Crippen molar-refractivity contribution in [3.63, 3.8) is 0 Å². The molecule has 0 atom stereocenters. The molecule has 0 bridgehead atoms. The van der Waals surface area contributed by atoms with Gasteiger partial charge in [0.15, 0.2) is 0 Å². The summed E-state index contributed by atoms with van der Waals surface area (Å²) in [5.41, 5.74) is 1.38. The number of carbonyl (C=O) groups excluding carboxylic acids is 1. The lowest BCUT2D eigenvalue weighted by molar-refractivity contribution is 0.0797. The van der Waals surface area contributed by atoms with Gasteiger partial charge < -0.3 is 10.2 Å². The van der Waals surface area contributed by atoms with Crippen molar-refractivity contribution in [1.82, 2.24) is 30.4 Å². The number of nitrogens with zero attached hydrogens (tertiary/aromatic N) is 5. The third kappa shape index (κ3) is 3.75. The zero-order valence-electron chi connectivity index (χ0n) is 11.4. The lowest BCUT2D eigenvalue weighted by Gasteiger charge is -2.17. The summed E-state index contributed by atoms with van der Waals surface area (Å²) < 4.78 is 1.52. The molecule has 0 radical (unpaired) electrons. The van der Waals surface area contributed by atoms with E-state index in [4.69, 9.17) is 0 Å². The van der Waals surface area contributed by atoms with Gasteiger partial charge in [-0.15, -0.1) is 17.5 Å². The van der Waals surface area contributed by atoms with E-state index >= 15 is 0 Å². The fourth-order valence-electron chi connectivity index (χ4n) is 1.66. The van der Waals surface area contributed by atoms with Crippen molar-refractivity contribution in [2.24, 2.45) is 0 Å². The second-order valence-electron chi connectivity index (χ2n) is 4.13. The molecule has 20 heavy (non-hydrogen) atoms. The quantitative estimate of drug-likeness (QED) is 0.863. The van der Waals surface area contributed by atoms with Crippen LogP contribution in [0.25, 0.3) is 5.69 Å². The molecule has 0 aliphatic carbocycles. The van der Waals surface area contributed by atoms with Crippen LogP contribution in [0.4, 0.5) is 0 Å². The smallest absolute Gasteiger partial charge is 0.253 e. The minimum absolute atomic E-state index is 0. The Balaban J connectivity index is 0.00000200. The summed E-state index contributed by atoms with van der Waals surface area (Å²) in [6, 6.07) is 7.22. The highest BCUT2D eigenvalue weighted by Gasteiger charge is 2.12. The van der Waals surface area contributed by atoms with E-state index in [0.29, 0.717) is 12.1 Å². The molecule has 1 aromatic heterocycles. The largest absolute Gasteiger partial charge is 0.340 e. The summed E-state index contributed by atoms with van der Waals surface area (Å²) in [5, 5.41) is 14.0. The summed E-state index contributed by atoms with van der Waals surface area (Å²) in [7, 11) is 3.64. The zero-order valence-corrected chi connectivity index (χ0v) is 12.2. The molecule has 0 fully saturated rings. The Hall–Kier alpha value is -1.99. The highest BCUT2D eigenvalue weighted by molar-refractivity contribution is 5.94. The molecule has 0 spiro atoms. The molecule has 1 amide bonds. The molecule has 1 N–H and O–H groups in total. The van der Waals surface area contributed by atoms with E-state index < -0.39 is 0 Å². The lowest BCUT2D eigenvalue weighted by atomic mass is 10.2. The fraction of sp³-hybridized carbons (Fsp3) is 0.333. The topological polar surface area (TPSA) is 75.9 Å². The van der Waals surface area contributed by atoms with Crippen molar-refractivity contribution in [3.05, 3.63) is 36.2 Å². The molecular formula is C12H17ClN6O. The van der Waals surface area contributed by atoms with Crippen molar-refractivity contribution in [3.8, 4) is 5.69 Å². The van der Waals surface area contributed by atoms with E-state index in [1.165, 1.54) is 11.0 Å². The number of benzene rings is 1. The SMILES string of the molecule is CNCCN(C)C(=O)c1cccc(-n2cnnn2)c1.Cl. The Kier molecular flexibility index (Phi) is 6.08. The summed E-state index contributed by atoms with van der Waals surface area (Å²) >= 11 is 0. The number of carbonyl (C=O) groups is 1. The Morgan fingerprint density at radius 2 is 2.25 bits per heavy atom. The molecule has 0 aliphatic rings. The molecule has 1 aromatic carbocycles. The molecule has 0 aliphatic heterocycles. The van der Waals surface area contributed by atoms with Crippen LogP contribution in [0.5, 0.6) is 0 Å². The van der Waals surface area contributed by atoms with Gasteiger partial charge in [0.05, 0.1) is 5.69 Å². The molecular weight excluding hydrogens is 280 g/mol. The van der Waals surface area contributed by atoms with Gasteiger partial charge in [0.1, 0.15) is 6.33 Å². The molecule has 0 unspecified atom stereocenters. The molecule has 2 rings (SSSR count). The van der Waals surface area contributed by atoms with Gasteiger partial charge in [-0.2, -0.15) is 0 Å². The number of hydrogen-bond donors (Lipinski definition) is 1. The first-order valence-corrected chi connectivity index (χ1v) is 5.96. The number of likely N-dealkylation sites (N-methyl/N-ethyl adjacent to an activating group) is 2. The first-order valence-electron chi connectivity index (χ1n) is 5.96. The van der Waals surface area contributed by atoms with E-state index in [1.807, 2.05) is 19.2 Å². The summed E-state index contributed by atoms with van der Waals surface area (Å²) in [6.45, 7) is 1.42. The Morgan fingerprint density at radius 1 is 1.45 bits per heavy atom.